The van der Waals surface area contributed by atoms with E-state index in [9.17, 15) is 0 Å². The summed E-state index contributed by atoms with van der Waals surface area (Å²) < 4.78 is 5.92. The number of benzene rings is 1. The van der Waals surface area contributed by atoms with E-state index in [1.807, 2.05) is 17.5 Å². The molecule has 0 aliphatic heterocycles. The Morgan fingerprint density at radius 3 is 2.46 bits per heavy atom. The smallest absolute Gasteiger partial charge is 0.257 e. The first-order chi connectivity index (χ1) is 13.7. The molecule has 3 heterocycles. The van der Waals surface area contributed by atoms with Gasteiger partial charge in [-0.1, -0.05) is 49.7 Å². The van der Waals surface area contributed by atoms with Crippen LogP contribution in [0.25, 0.3) is 10.8 Å². The first-order valence-corrected chi connectivity index (χ1v) is 11.3. The lowest BCUT2D eigenvalue weighted by atomic mass is 10.0. The SMILES string of the molecule is CCCc1ccc([C@@H](N[C@H](C)c2nnc(-c3cccs3)o2)c2cccs2)cc1. The zero-order valence-corrected chi connectivity index (χ0v) is 17.6. The topological polar surface area (TPSA) is 51.0 Å². The molecule has 6 heteroatoms. The van der Waals surface area contributed by atoms with Gasteiger partial charge in [-0.3, -0.25) is 5.32 Å². The van der Waals surface area contributed by atoms with Crippen LogP contribution >= 0.6 is 22.7 Å². The summed E-state index contributed by atoms with van der Waals surface area (Å²) in [6.07, 6.45) is 2.27. The number of nitrogens with zero attached hydrogens (tertiary/aromatic N) is 2. The number of rotatable bonds is 8. The summed E-state index contributed by atoms with van der Waals surface area (Å²) in [6.45, 7) is 4.28. The van der Waals surface area contributed by atoms with Crippen LogP contribution in [0.5, 0.6) is 0 Å². The summed E-state index contributed by atoms with van der Waals surface area (Å²) >= 11 is 3.35. The first-order valence-electron chi connectivity index (χ1n) is 9.50. The summed E-state index contributed by atoms with van der Waals surface area (Å²) in [5.41, 5.74) is 2.62. The third-order valence-electron chi connectivity index (χ3n) is 4.64. The average molecular weight is 410 g/mol. The molecule has 4 aromatic rings. The second-order valence-electron chi connectivity index (χ2n) is 6.75. The van der Waals surface area contributed by atoms with Crippen molar-refractivity contribution in [1.29, 1.82) is 0 Å². The molecular weight excluding hydrogens is 386 g/mol. The fourth-order valence-electron chi connectivity index (χ4n) is 3.19. The van der Waals surface area contributed by atoms with Gasteiger partial charge in [0.2, 0.25) is 5.89 Å². The molecule has 28 heavy (non-hydrogen) atoms. The van der Waals surface area contributed by atoms with Gasteiger partial charge < -0.3 is 4.42 Å². The Kier molecular flexibility index (Phi) is 6.00. The summed E-state index contributed by atoms with van der Waals surface area (Å²) in [4.78, 5) is 2.26. The Morgan fingerprint density at radius 2 is 1.79 bits per heavy atom. The van der Waals surface area contributed by atoms with Crippen LogP contribution in [0.15, 0.2) is 63.7 Å². The van der Waals surface area contributed by atoms with Crippen LogP contribution < -0.4 is 5.32 Å². The van der Waals surface area contributed by atoms with Gasteiger partial charge >= 0.3 is 0 Å². The Hall–Kier alpha value is -2.28. The fourth-order valence-corrected chi connectivity index (χ4v) is 4.65. The molecule has 4 rings (SSSR count). The number of aromatic nitrogens is 2. The minimum atomic E-state index is -0.0661. The number of nitrogens with one attached hydrogen (secondary N) is 1. The highest BCUT2D eigenvalue weighted by Gasteiger charge is 2.22. The van der Waals surface area contributed by atoms with Crippen LogP contribution in [0, 0.1) is 0 Å². The maximum absolute atomic E-state index is 5.92. The molecule has 144 valence electrons. The molecule has 0 unspecified atom stereocenters. The van der Waals surface area contributed by atoms with E-state index in [2.05, 4.69) is 71.1 Å². The summed E-state index contributed by atoms with van der Waals surface area (Å²) in [6, 6.07) is 17.2. The highest BCUT2D eigenvalue weighted by molar-refractivity contribution is 7.13. The molecule has 0 saturated heterocycles. The Morgan fingerprint density at radius 1 is 1.00 bits per heavy atom. The Balaban J connectivity index is 1.56. The van der Waals surface area contributed by atoms with Crippen molar-refractivity contribution in [3.63, 3.8) is 0 Å². The van der Waals surface area contributed by atoms with E-state index in [0.29, 0.717) is 11.8 Å². The first kappa shape index (κ1) is 19.1. The zero-order valence-electron chi connectivity index (χ0n) is 16.0. The molecule has 0 bridgehead atoms. The van der Waals surface area contributed by atoms with Crippen molar-refractivity contribution in [2.24, 2.45) is 0 Å². The molecule has 4 nitrogen and oxygen atoms in total. The lowest BCUT2D eigenvalue weighted by molar-refractivity contribution is 0.405. The van der Waals surface area contributed by atoms with Crippen LogP contribution in [0.3, 0.4) is 0 Å². The Bertz CT molecular complexity index is 975. The summed E-state index contributed by atoms with van der Waals surface area (Å²) in [7, 11) is 0. The van der Waals surface area contributed by atoms with Crippen LogP contribution in [-0.4, -0.2) is 10.2 Å². The molecular formula is C22H23N3OS2. The molecule has 0 aliphatic carbocycles. The van der Waals surface area contributed by atoms with E-state index >= 15 is 0 Å². The third kappa shape index (κ3) is 4.24. The monoisotopic (exact) mass is 409 g/mol. The molecule has 3 aromatic heterocycles. The number of hydrogen-bond acceptors (Lipinski definition) is 6. The van der Waals surface area contributed by atoms with Crippen LogP contribution in [0.2, 0.25) is 0 Å². The van der Waals surface area contributed by atoms with Gasteiger partial charge in [0.05, 0.1) is 17.0 Å². The van der Waals surface area contributed by atoms with Crippen molar-refractivity contribution in [3.8, 4) is 10.8 Å². The largest absolute Gasteiger partial charge is 0.418 e. The second-order valence-corrected chi connectivity index (χ2v) is 8.68. The lowest BCUT2D eigenvalue weighted by Gasteiger charge is -2.21. The van der Waals surface area contributed by atoms with E-state index < -0.39 is 0 Å². The van der Waals surface area contributed by atoms with Gasteiger partial charge in [-0.25, -0.2) is 0 Å². The standard InChI is InChI=1S/C22H23N3OS2/c1-3-6-16-9-11-17(12-10-16)20(18-7-4-13-27-18)23-15(2)21-24-25-22(26-21)19-8-5-14-28-19/h4-5,7-15,20,23H,3,6H2,1-2H3/t15-,20-/m1/s1. The van der Waals surface area contributed by atoms with Crippen LogP contribution in [0.4, 0.5) is 0 Å². The van der Waals surface area contributed by atoms with Gasteiger partial charge in [0.25, 0.3) is 5.89 Å². The number of hydrogen-bond donors (Lipinski definition) is 1. The molecule has 1 N–H and O–H groups in total. The minimum Gasteiger partial charge on any atom is -0.418 e. The molecule has 1 aromatic carbocycles. The van der Waals surface area contributed by atoms with E-state index in [1.165, 1.54) is 16.0 Å². The summed E-state index contributed by atoms with van der Waals surface area (Å²) in [5, 5.41) is 16.3. The van der Waals surface area contributed by atoms with Gasteiger partial charge in [-0.05, 0) is 47.4 Å². The van der Waals surface area contributed by atoms with Crippen molar-refractivity contribution in [2.75, 3.05) is 0 Å². The quantitative estimate of drug-likeness (QED) is 0.373. The van der Waals surface area contributed by atoms with E-state index in [0.717, 1.165) is 17.7 Å². The predicted octanol–water partition coefficient (Wildman–Crippen LogP) is 6.25. The van der Waals surface area contributed by atoms with E-state index in [-0.39, 0.29) is 12.1 Å². The Labute approximate surface area is 173 Å². The molecule has 0 amide bonds. The van der Waals surface area contributed by atoms with E-state index in [1.54, 1.807) is 22.7 Å². The van der Waals surface area contributed by atoms with Gasteiger partial charge in [-0.15, -0.1) is 32.9 Å². The van der Waals surface area contributed by atoms with Crippen LogP contribution in [0.1, 0.15) is 54.2 Å². The van der Waals surface area contributed by atoms with Gasteiger partial charge in [0, 0.05) is 4.88 Å². The fraction of sp³-hybridized carbons (Fsp3) is 0.273. The number of thiophene rings is 2. The molecule has 0 fully saturated rings. The van der Waals surface area contributed by atoms with Gasteiger partial charge in [0.1, 0.15) is 0 Å². The molecule has 0 saturated carbocycles. The van der Waals surface area contributed by atoms with Crippen molar-refractivity contribution in [2.45, 2.75) is 38.8 Å². The van der Waals surface area contributed by atoms with Crippen molar-refractivity contribution in [1.82, 2.24) is 15.5 Å². The highest BCUT2D eigenvalue weighted by Crippen LogP contribution is 2.30. The van der Waals surface area contributed by atoms with Gasteiger partial charge in [0.15, 0.2) is 0 Å². The summed E-state index contributed by atoms with van der Waals surface area (Å²) in [5.74, 6) is 1.18. The highest BCUT2D eigenvalue weighted by atomic mass is 32.1. The predicted molar refractivity (Wildman–Crippen MR) is 116 cm³/mol. The maximum Gasteiger partial charge on any atom is 0.257 e. The van der Waals surface area contributed by atoms with Crippen LogP contribution in [-0.2, 0) is 6.42 Å². The zero-order chi connectivity index (χ0) is 19.3. The lowest BCUT2D eigenvalue weighted by Crippen LogP contribution is -2.25. The number of aryl methyl sites for hydroxylation is 1. The normalized spacial score (nSPS) is 13.5. The second kappa shape index (κ2) is 8.82. The molecule has 0 aliphatic rings. The van der Waals surface area contributed by atoms with Crippen molar-refractivity contribution in [3.05, 3.63) is 81.2 Å². The third-order valence-corrected chi connectivity index (χ3v) is 6.43. The van der Waals surface area contributed by atoms with E-state index in [4.69, 9.17) is 4.42 Å². The molecule has 0 radical (unpaired) electrons. The maximum atomic E-state index is 5.92. The van der Waals surface area contributed by atoms with Gasteiger partial charge in [-0.2, -0.15) is 0 Å². The molecule has 2 atom stereocenters. The van der Waals surface area contributed by atoms with Crippen molar-refractivity contribution >= 4 is 22.7 Å². The molecule has 0 spiro atoms. The van der Waals surface area contributed by atoms with Crippen molar-refractivity contribution < 1.29 is 4.42 Å². The minimum absolute atomic E-state index is 0.0661. The average Bonchev–Trinajstić information content (AvgIpc) is 3.49.